The first-order valence-electron chi connectivity index (χ1n) is 6.06. The predicted octanol–water partition coefficient (Wildman–Crippen LogP) is 1.66. The number of nitrogen functional groups attached to an aromatic ring is 1. The van der Waals surface area contributed by atoms with E-state index in [1.807, 2.05) is 0 Å². The second-order valence-corrected chi connectivity index (χ2v) is 7.12. The largest absolute Gasteiger partial charge is 0.418 e. The predicted molar refractivity (Wildman–Crippen MR) is 71.2 cm³/mol. The molecule has 1 saturated heterocycles. The number of hydrogen-bond donors (Lipinski definition) is 2. The molecule has 0 spiro atoms. The van der Waals surface area contributed by atoms with Gasteiger partial charge in [-0.1, -0.05) is 0 Å². The minimum Gasteiger partial charge on any atom is -0.399 e. The number of carbonyl (C=O) groups excluding carboxylic acids is 1. The molecule has 0 bridgehead atoms. The summed E-state index contributed by atoms with van der Waals surface area (Å²) in [6.07, 6.45) is -4.55. The Morgan fingerprint density at radius 3 is 2.52 bits per heavy atom. The van der Waals surface area contributed by atoms with Gasteiger partial charge >= 0.3 is 6.18 Å². The Bertz CT molecular complexity index is 671. The first-order valence-corrected chi connectivity index (χ1v) is 7.89. The molecule has 1 fully saturated rings. The molecule has 1 amide bonds. The molecule has 2 rings (SSSR count). The molecular formula is C12H13F3N2O3S. The van der Waals surface area contributed by atoms with E-state index in [4.69, 9.17) is 5.73 Å². The van der Waals surface area contributed by atoms with Gasteiger partial charge in [-0.15, -0.1) is 0 Å². The highest BCUT2D eigenvalue weighted by Crippen LogP contribution is 2.36. The van der Waals surface area contributed by atoms with Crippen molar-refractivity contribution in [2.24, 2.45) is 5.92 Å². The van der Waals surface area contributed by atoms with Gasteiger partial charge in [-0.2, -0.15) is 13.2 Å². The Kier molecular flexibility index (Phi) is 3.87. The lowest BCUT2D eigenvalue weighted by Gasteiger charge is -2.16. The van der Waals surface area contributed by atoms with Crippen molar-refractivity contribution in [1.29, 1.82) is 0 Å². The number of alkyl halides is 3. The number of anilines is 2. The summed E-state index contributed by atoms with van der Waals surface area (Å²) >= 11 is 0. The van der Waals surface area contributed by atoms with Crippen LogP contribution in [0.25, 0.3) is 0 Å². The van der Waals surface area contributed by atoms with Crippen LogP contribution in [0.1, 0.15) is 12.0 Å². The molecule has 1 aliphatic heterocycles. The van der Waals surface area contributed by atoms with E-state index in [2.05, 4.69) is 5.32 Å². The molecule has 1 aliphatic rings. The fraction of sp³-hybridized carbons (Fsp3) is 0.417. The van der Waals surface area contributed by atoms with E-state index < -0.39 is 39.1 Å². The fourth-order valence-corrected chi connectivity index (χ4v) is 3.88. The van der Waals surface area contributed by atoms with Gasteiger partial charge in [0.05, 0.1) is 28.7 Å². The molecule has 1 unspecified atom stereocenters. The van der Waals surface area contributed by atoms with E-state index in [0.29, 0.717) is 0 Å². The van der Waals surface area contributed by atoms with Crippen molar-refractivity contribution in [3.05, 3.63) is 23.8 Å². The van der Waals surface area contributed by atoms with Gasteiger partial charge in [-0.3, -0.25) is 4.79 Å². The van der Waals surface area contributed by atoms with Crippen molar-refractivity contribution < 1.29 is 26.4 Å². The Morgan fingerprint density at radius 2 is 2.00 bits per heavy atom. The number of hydrogen-bond acceptors (Lipinski definition) is 4. The Balaban J connectivity index is 2.22. The number of carbonyl (C=O) groups is 1. The van der Waals surface area contributed by atoms with Crippen molar-refractivity contribution in [3.8, 4) is 0 Å². The van der Waals surface area contributed by atoms with Crippen LogP contribution >= 0.6 is 0 Å². The molecule has 3 N–H and O–H groups in total. The summed E-state index contributed by atoms with van der Waals surface area (Å²) in [5.41, 5.74) is 3.76. The van der Waals surface area contributed by atoms with E-state index >= 15 is 0 Å². The zero-order valence-corrected chi connectivity index (χ0v) is 11.6. The van der Waals surface area contributed by atoms with Crippen molar-refractivity contribution >= 4 is 27.1 Å². The third kappa shape index (κ3) is 3.66. The SMILES string of the molecule is Nc1ccc(NC(=O)C2CCS(=O)(=O)C2)c(C(F)(F)F)c1. The van der Waals surface area contributed by atoms with E-state index in [9.17, 15) is 26.4 Å². The van der Waals surface area contributed by atoms with Gasteiger partial charge < -0.3 is 11.1 Å². The minimum atomic E-state index is -4.67. The van der Waals surface area contributed by atoms with Crippen LogP contribution in [0.3, 0.4) is 0 Å². The van der Waals surface area contributed by atoms with Gasteiger partial charge in [0, 0.05) is 5.69 Å². The second kappa shape index (κ2) is 5.21. The van der Waals surface area contributed by atoms with Gasteiger partial charge in [0.25, 0.3) is 0 Å². The van der Waals surface area contributed by atoms with E-state index in [1.54, 1.807) is 0 Å². The number of benzene rings is 1. The quantitative estimate of drug-likeness (QED) is 0.811. The highest BCUT2D eigenvalue weighted by Gasteiger charge is 2.36. The molecule has 1 heterocycles. The molecule has 0 radical (unpaired) electrons. The molecule has 21 heavy (non-hydrogen) atoms. The van der Waals surface area contributed by atoms with Crippen LogP contribution in [0.4, 0.5) is 24.5 Å². The van der Waals surface area contributed by atoms with Gasteiger partial charge in [-0.05, 0) is 24.6 Å². The maximum Gasteiger partial charge on any atom is 0.418 e. The topological polar surface area (TPSA) is 89.3 Å². The summed E-state index contributed by atoms with van der Waals surface area (Å²) in [6.45, 7) is 0. The average molecular weight is 322 g/mol. The van der Waals surface area contributed by atoms with Crippen LogP contribution in [-0.2, 0) is 20.8 Å². The highest BCUT2D eigenvalue weighted by molar-refractivity contribution is 7.91. The normalized spacial score (nSPS) is 21.2. The molecule has 0 aromatic heterocycles. The molecule has 116 valence electrons. The first kappa shape index (κ1) is 15.6. The summed E-state index contributed by atoms with van der Waals surface area (Å²) < 4.78 is 61.2. The number of nitrogens with two attached hydrogens (primary N) is 1. The summed E-state index contributed by atoms with van der Waals surface area (Å²) in [4.78, 5) is 11.9. The third-order valence-electron chi connectivity index (χ3n) is 3.21. The van der Waals surface area contributed by atoms with Gasteiger partial charge in [0.2, 0.25) is 5.91 Å². The maximum absolute atomic E-state index is 12.9. The van der Waals surface area contributed by atoms with E-state index in [-0.39, 0.29) is 23.6 Å². The Morgan fingerprint density at radius 1 is 1.33 bits per heavy atom. The van der Waals surface area contributed by atoms with Crippen molar-refractivity contribution in [3.63, 3.8) is 0 Å². The zero-order valence-electron chi connectivity index (χ0n) is 10.8. The Labute approximate surface area is 119 Å². The smallest absolute Gasteiger partial charge is 0.399 e. The lowest BCUT2D eigenvalue weighted by molar-refractivity contribution is -0.137. The molecule has 1 atom stereocenters. The van der Waals surface area contributed by atoms with Gasteiger partial charge in [-0.25, -0.2) is 8.42 Å². The highest BCUT2D eigenvalue weighted by atomic mass is 32.2. The van der Waals surface area contributed by atoms with E-state index in [0.717, 1.165) is 12.1 Å². The van der Waals surface area contributed by atoms with E-state index in [1.165, 1.54) is 6.07 Å². The van der Waals surface area contributed by atoms with Crippen molar-refractivity contribution in [2.75, 3.05) is 22.6 Å². The van der Waals surface area contributed by atoms with Crippen LogP contribution < -0.4 is 11.1 Å². The molecule has 0 aliphatic carbocycles. The maximum atomic E-state index is 12.9. The van der Waals surface area contributed by atoms with Crippen LogP contribution in [0.5, 0.6) is 0 Å². The molecular weight excluding hydrogens is 309 g/mol. The number of rotatable bonds is 2. The second-order valence-electron chi connectivity index (χ2n) is 4.89. The van der Waals surface area contributed by atoms with Crippen molar-refractivity contribution in [1.82, 2.24) is 0 Å². The molecule has 9 heteroatoms. The minimum absolute atomic E-state index is 0.0798. The lowest BCUT2D eigenvalue weighted by atomic mass is 10.1. The van der Waals surface area contributed by atoms with Gasteiger partial charge in [0.15, 0.2) is 9.84 Å². The lowest BCUT2D eigenvalue weighted by Crippen LogP contribution is -2.25. The molecule has 1 aromatic carbocycles. The summed E-state index contributed by atoms with van der Waals surface area (Å²) in [5.74, 6) is -2.02. The summed E-state index contributed by atoms with van der Waals surface area (Å²) in [7, 11) is -3.28. The average Bonchev–Trinajstić information content (AvgIpc) is 2.71. The number of sulfone groups is 1. The number of nitrogens with one attached hydrogen (secondary N) is 1. The van der Waals surface area contributed by atoms with Crippen LogP contribution in [0.2, 0.25) is 0 Å². The zero-order chi connectivity index (χ0) is 15.8. The summed E-state index contributed by atoms with van der Waals surface area (Å²) in [6, 6.07) is 3.01. The molecule has 1 aromatic rings. The number of amides is 1. The van der Waals surface area contributed by atoms with Crippen molar-refractivity contribution in [2.45, 2.75) is 12.6 Å². The molecule has 0 saturated carbocycles. The standard InChI is InChI=1S/C12H13F3N2O3S/c13-12(14,15)9-5-8(16)1-2-10(9)17-11(18)7-3-4-21(19,20)6-7/h1-2,5,7H,3-4,6,16H2,(H,17,18). The fourth-order valence-electron chi connectivity index (χ4n) is 2.14. The van der Waals surface area contributed by atoms with Crippen LogP contribution in [0.15, 0.2) is 18.2 Å². The monoisotopic (exact) mass is 322 g/mol. The number of halogens is 3. The van der Waals surface area contributed by atoms with Crippen LogP contribution in [-0.4, -0.2) is 25.8 Å². The van der Waals surface area contributed by atoms with Crippen LogP contribution in [0, 0.1) is 5.92 Å². The van der Waals surface area contributed by atoms with Gasteiger partial charge in [0.1, 0.15) is 0 Å². The Hall–Kier alpha value is -1.77. The first-order chi connectivity index (χ1) is 9.58. The summed E-state index contributed by atoms with van der Waals surface area (Å²) in [5, 5.41) is 2.15. The molecule has 5 nitrogen and oxygen atoms in total. The third-order valence-corrected chi connectivity index (χ3v) is 4.98.